The number of nitrogens with zero attached hydrogens (tertiary/aromatic N) is 3. The maximum absolute atomic E-state index is 13.6. The predicted molar refractivity (Wildman–Crippen MR) is 175 cm³/mol. The molecule has 3 saturated carbocycles. The zero-order valence-corrected chi connectivity index (χ0v) is 27.7. The molecule has 0 bridgehead atoms. The third kappa shape index (κ3) is 9.66. The number of amides is 4. The van der Waals surface area contributed by atoms with Crippen LogP contribution in [0.4, 0.5) is 10.5 Å². The number of hydrogen-bond donors (Lipinski definition) is 3. The number of carbonyl (C=O) groups excluding carboxylic acids is 4. The zero-order valence-electron chi connectivity index (χ0n) is 26.9. The van der Waals surface area contributed by atoms with E-state index in [-0.39, 0.29) is 18.7 Å². The van der Waals surface area contributed by atoms with E-state index in [1.165, 1.54) is 12.8 Å². The van der Waals surface area contributed by atoms with Crippen LogP contribution in [0.3, 0.4) is 0 Å². The van der Waals surface area contributed by atoms with Gasteiger partial charge in [0.05, 0.1) is 41.3 Å². The van der Waals surface area contributed by atoms with E-state index in [0.717, 1.165) is 30.7 Å². The SMILES string of the molecule is Cc1ccc(-n2ccnc2)c(NC(=O)O[C@@H]2C[C@@H](C(=O)NCC(=O)NS(=O)(=O)C3CC3)[C@H](C(=O)N(C)CCCC/C=C\C3CC3)C2)c1. The number of allylic oxidation sites excluding steroid dienone is 2. The molecule has 0 saturated heterocycles. The monoisotopic (exact) mass is 668 g/mol. The summed E-state index contributed by atoms with van der Waals surface area (Å²) in [6.07, 6.45) is 14.4. The molecule has 13 nitrogen and oxygen atoms in total. The Morgan fingerprint density at radius 3 is 2.55 bits per heavy atom. The van der Waals surface area contributed by atoms with Crippen LogP contribution in [0.15, 0.2) is 49.1 Å². The molecular formula is C33H44N6O7S. The van der Waals surface area contributed by atoms with E-state index in [2.05, 4.69) is 27.8 Å². The summed E-state index contributed by atoms with van der Waals surface area (Å²) in [5, 5.41) is 4.70. The summed E-state index contributed by atoms with van der Waals surface area (Å²) >= 11 is 0. The Kier molecular flexibility index (Phi) is 11.0. The lowest BCUT2D eigenvalue weighted by atomic mass is 9.93. The van der Waals surface area contributed by atoms with Crippen LogP contribution >= 0.6 is 0 Å². The van der Waals surface area contributed by atoms with E-state index in [0.29, 0.717) is 30.8 Å². The second-order valence-electron chi connectivity index (χ2n) is 12.8. The lowest BCUT2D eigenvalue weighted by molar-refractivity contribution is -0.140. The predicted octanol–water partition coefficient (Wildman–Crippen LogP) is 3.44. The van der Waals surface area contributed by atoms with E-state index in [9.17, 15) is 27.6 Å². The number of benzene rings is 1. The average molecular weight is 669 g/mol. The molecule has 47 heavy (non-hydrogen) atoms. The van der Waals surface area contributed by atoms with E-state index < -0.39 is 57.7 Å². The number of unbranched alkanes of at least 4 members (excludes halogenated alkanes) is 2. The number of nitrogens with one attached hydrogen (secondary N) is 3. The van der Waals surface area contributed by atoms with Crippen molar-refractivity contribution in [3.63, 3.8) is 0 Å². The molecule has 3 fully saturated rings. The zero-order chi connectivity index (χ0) is 33.6. The van der Waals surface area contributed by atoms with Crippen LogP contribution in [-0.2, 0) is 29.1 Å². The van der Waals surface area contributed by atoms with E-state index in [1.807, 2.05) is 23.8 Å². The topological polar surface area (TPSA) is 169 Å². The van der Waals surface area contributed by atoms with Gasteiger partial charge in [-0.05, 0) is 88.3 Å². The van der Waals surface area contributed by atoms with Crippen LogP contribution in [0, 0.1) is 24.7 Å². The summed E-state index contributed by atoms with van der Waals surface area (Å²) in [7, 11) is -2.06. The van der Waals surface area contributed by atoms with Crippen LogP contribution in [-0.4, -0.2) is 78.2 Å². The number of anilines is 1. The van der Waals surface area contributed by atoms with Crippen molar-refractivity contribution in [2.24, 2.45) is 17.8 Å². The minimum absolute atomic E-state index is 0.0691. The first-order chi connectivity index (χ1) is 22.5. The number of carbonyl (C=O) groups is 4. The van der Waals surface area contributed by atoms with Crippen LogP contribution in [0.5, 0.6) is 0 Å². The van der Waals surface area contributed by atoms with Crippen LogP contribution in [0.1, 0.15) is 63.4 Å². The third-order valence-corrected chi connectivity index (χ3v) is 10.6. The van der Waals surface area contributed by atoms with E-state index in [4.69, 9.17) is 4.74 Å². The summed E-state index contributed by atoms with van der Waals surface area (Å²) in [6.45, 7) is 1.86. The minimum atomic E-state index is -3.76. The highest BCUT2D eigenvalue weighted by molar-refractivity contribution is 7.90. The molecule has 254 valence electrons. The smallest absolute Gasteiger partial charge is 0.411 e. The quantitative estimate of drug-likeness (QED) is 0.192. The molecule has 4 amide bonds. The summed E-state index contributed by atoms with van der Waals surface area (Å²) in [6, 6.07) is 5.56. The Morgan fingerprint density at radius 1 is 1.09 bits per heavy atom. The summed E-state index contributed by atoms with van der Waals surface area (Å²) < 4.78 is 33.7. The molecule has 3 atom stereocenters. The molecule has 0 radical (unpaired) electrons. The van der Waals surface area contributed by atoms with Crippen molar-refractivity contribution in [3.8, 4) is 5.69 Å². The fourth-order valence-corrected chi connectivity index (χ4v) is 7.17. The van der Waals surface area contributed by atoms with Crippen molar-refractivity contribution in [2.45, 2.75) is 76.1 Å². The van der Waals surface area contributed by atoms with Gasteiger partial charge >= 0.3 is 6.09 Å². The second-order valence-corrected chi connectivity index (χ2v) is 14.8. The molecule has 1 aromatic heterocycles. The summed E-state index contributed by atoms with van der Waals surface area (Å²) in [5.41, 5.74) is 2.11. The van der Waals surface area contributed by atoms with Gasteiger partial charge < -0.3 is 19.5 Å². The number of hydrogen-bond acceptors (Lipinski definition) is 8. The van der Waals surface area contributed by atoms with Crippen molar-refractivity contribution >= 4 is 39.5 Å². The van der Waals surface area contributed by atoms with Gasteiger partial charge in [0.15, 0.2) is 0 Å². The Balaban J connectivity index is 1.20. The maximum atomic E-state index is 13.6. The Bertz CT molecular complexity index is 1580. The molecular weight excluding hydrogens is 624 g/mol. The van der Waals surface area contributed by atoms with E-state index >= 15 is 0 Å². The summed E-state index contributed by atoms with van der Waals surface area (Å²) in [5.74, 6) is -2.60. The number of imidazole rings is 1. The standard InChI is InChI=1S/C33H44N6O7S/c1-22-8-13-29(39-16-14-34-21-39)28(17-22)36-33(43)46-24-18-26(31(41)35-20-30(40)37-47(44,45)25-11-12-25)27(19-24)32(42)38(2)15-6-4-3-5-7-23-9-10-23/h5,7-8,13-14,16-17,21,23-27H,3-4,6,9-12,15,18-20H2,1-2H3,(H,35,41)(H,36,43)(H,37,40)/b7-5-/t24-,26-,27-/m1/s1. The first-order valence-corrected chi connectivity index (χ1v) is 17.8. The van der Waals surface area contributed by atoms with E-state index in [1.54, 1.807) is 41.3 Å². The molecule has 14 heteroatoms. The molecule has 5 rings (SSSR count). The second kappa shape index (κ2) is 15.1. The van der Waals surface area contributed by atoms with Gasteiger partial charge in [0.25, 0.3) is 5.91 Å². The van der Waals surface area contributed by atoms with Gasteiger partial charge in [-0.3, -0.25) is 24.4 Å². The maximum Gasteiger partial charge on any atom is 0.411 e. The minimum Gasteiger partial charge on any atom is -0.446 e. The third-order valence-electron chi connectivity index (χ3n) is 8.78. The Morgan fingerprint density at radius 2 is 1.85 bits per heavy atom. The fourth-order valence-electron chi connectivity index (χ4n) is 5.85. The molecule has 0 unspecified atom stereocenters. The van der Waals surface area contributed by atoms with Gasteiger partial charge in [-0.25, -0.2) is 18.2 Å². The largest absolute Gasteiger partial charge is 0.446 e. The Hall–Kier alpha value is -4.20. The molecule has 0 spiro atoms. The van der Waals surface area contributed by atoms with Crippen LogP contribution in [0.25, 0.3) is 5.69 Å². The summed E-state index contributed by atoms with van der Waals surface area (Å²) in [4.78, 5) is 58.1. The van der Waals surface area contributed by atoms with Gasteiger partial charge in [0.2, 0.25) is 21.8 Å². The molecule has 3 aliphatic rings. The molecule has 2 aromatic rings. The average Bonchev–Trinajstić information content (AvgIpc) is 3.95. The van der Waals surface area contributed by atoms with Crippen molar-refractivity contribution in [1.29, 1.82) is 0 Å². The van der Waals surface area contributed by atoms with Crippen molar-refractivity contribution in [2.75, 3.05) is 25.5 Å². The van der Waals surface area contributed by atoms with Crippen molar-refractivity contribution in [3.05, 3.63) is 54.6 Å². The highest BCUT2D eigenvalue weighted by Crippen LogP contribution is 2.36. The number of aryl methyl sites for hydroxylation is 1. The van der Waals surface area contributed by atoms with Crippen molar-refractivity contribution < 1.29 is 32.3 Å². The number of aromatic nitrogens is 2. The van der Waals surface area contributed by atoms with Crippen molar-refractivity contribution in [1.82, 2.24) is 24.5 Å². The van der Waals surface area contributed by atoms with Gasteiger partial charge in [-0.1, -0.05) is 18.2 Å². The highest BCUT2D eigenvalue weighted by Gasteiger charge is 2.45. The normalized spacial score (nSPS) is 20.9. The first kappa shape index (κ1) is 34.1. The number of rotatable bonds is 15. The van der Waals surface area contributed by atoms with Crippen LogP contribution < -0.4 is 15.4 Å². The molecule has 1 aromatic carbocycles. The lowest BCUT2D eigenvalue weighted by Crippen LogP contribution is -2.45. The number of ether oxygens (including phenoxy) is 1. The number of sulfonamides is 1. The molecule has 3 aliphatic carbocycles. The molecule has 1 heterocycles. The van der Waals surface area contributed by atoms with Gasteiger partial charge in [-0.15, -0.1) is 0 Å². The highest BCUT2D eigenvalue weighted by atomic mass is 32.2. The van der Waals surface area contributed by atoms with Gasteiger partial charge in [0, 0.05) is 26.0 Å². The van der Waals surface area contributed by atoms with Gasteiger partial charge in [-0.2, -0.15) is 0 Å². The van der Waals surface area contributed by atoms with Gasteiger partial charge in [0.1, 0.15) is 6.10 Å². The molecule has 3 N–H and O–H groups in total. The first-order valence-electron chi connectivity index (χ1n) is 16.3. The van der Waals surface area contributed by atoms with Crippen LogP contribution in [0.2, 0.25) is 0 Å². The fraction of sp³-hybridized carbons (Fsp3) is 0.545. The molecule has 0 aliphatic heterocycles. The Labute approximate surface area is 275 Å². The lowest BCUT2D eigenvalue weighted by Gasteiger charge is -2.24.